The number of halogens is 1. The zero-order valence-corrected chi connectivity index (χ0v) is 13.0. The van der Waals surface area contributed by atoms with E-state index in [-0.39, 0.29) is 17.6 Å². The predicted molar refractivity (Wildman–Crippen MR) is 83.2 cm³/mol. The molecule has 1 aliphatic heterocycles. The molecule has 2 aromatic rings. The Morgan fingerprint density at radius 2 is 2.18 bits per heavy atom. The van der Waals surface area contributed by atoms with Crippen LogP contribution >= 0.6 is 11.3 Å². The van der Waals surface area contributed by atoms with Crippen LogP contribution in [0.5, 0.6) is 0 Å². The lowest BCUT2D eigenvalue weighted by atomic mass is 10.0. The Hall–Kier alpha value is -1.79. The van der Waals surface area contributed by atoms with Crippen molar-refractivity contribution in [2.75, 3.05) is 13.1 Å². The van der Waals surface area contributed by atoms with Crippen LogP contribution in [0.15, 0.2) is 29.6 Å². The largest absolute Gasteiger partial charge is 0.393 e. The molecule has 22 heavy (non-hydrogen) atoms. The van der Waals surface area contributed by atoms with E-state index in [0.717, 1.165) is 12.0 Å². The molecular weight excluding hydrogens is 303 g/mol. The number of carbonyl (C=O) groups is 1. The predicted octanol–water partition coefficient (Wildman–Crippen LogP) is 2.79. The van der Waals surface area contributed by atoms with Crippen LogP contribution in [-0.2, 0) is 0 Å². The summed E-state index contributed by atoms with van der Waals surface area (Å²) in [5, 5.41) is 12.1. The van der Waals surface area contributed by atoms with E-state index < -0.39 is 6.10 Å². The van der Waals surface area contributed by atoms with E-state index in [9.17, 15) is 14.3 Å². The van der Waals surface area contributed by atoms with Crippen LogP contribution in [0.25, 0.3) is 10.6 Å². The molecule has 0 saturated carbocycles. The quantitative estimate of drug-likeness (QED) is 0.946. The third kappa shape index (κ3) is 3.03. The number of thiazole rings is 1. The van der Waals surface area contributed by atoms with Crippen molar-refractivity contribution in [1.82, 2.24) is 9.88 Å². The molecular formula is C16H17FN2O2S. The van der Waals surface area contributed by atoms with Gasteiger partial charge in [-0.2, -0.15) is 0 Å². The van der Waals surface area contributed by atoms with Crippen molar-refractivity contribution in [2.45, 2.75) is 19.4 Å². The maximum absolute atomic E-state index is 12.9. The van der Waals surface area contributed by atoms with Crippen LogP contribution in [0, 0.1) is 11.7 Å². The number of carbonyl (C=O) groups excluding carboxylic acids is 1. The molecule has 116 valence electrons. The molecule has 1 saturated heterocycles. The minimum Gasteiger partial charge on any atom is -0.393 e. The minimum atomic E-state index is -0.400. The number of amides is 1. The van der Waals surface area contributed by atoms with Gasteiger partial charge in [0.15, 0.2) is 0 Å². The summed E-state index contributed by atoms with van der Waals surface area (Å²) < 4.78 is 12.9. The first kappa shape index (κ1) is 15.1. The Labute approximate surface area is 132 Å². The summed E-state index contributed by atoms with van der Waals surface area (Å²) in [6, 6.07) is 6.07. The normalized spacial score (nSPS) is 19.4. The summed E-state index contributed by atoms with van der Waals surface area (Å²) >= 11 is 1.37. The van der Waals surface area contributed by atoms with Crippen LogP contribution in [0.3, 0.4) is 0 Å². The maximum atomic E-state index is 12.9. The molecule has 0 bridgehead atoms. The Bertz CT molecular complexity index is 669. The fourth-order valence-corrected chi connectivity index (χ4v) is 3.42. The molecule has 6 heteroatoms. The van der Waals surface area contributed by atoms with E-state index >= 15 is 0 Å². The van der Waals surface area contributed by atoms with E-state index in [2.05, 4.69) is 4.98 Å². The van der Waals surface area contributed by atoms with Crippen molar-refractivity contribution in [3.8, 4) is 10.6 Å². The number of hydrogen-bond acceptors (Lipinski definition) is 4. The molecule has 0 aliphatic carbocycles. The van der Waals surface area contributed by atoms with Gasteiger partial charge in [-0.25, -0.2) is 9.37 Å². The fraction of sp³-hybridized carbons (Fsp3) is 0.375. The highest BCUT2D eigenvalue weighted by atomic mass is 32.1. The second-order valence-corrected chi connectivity index (χ2v) is 6.44. The molecule has 2 atom stereocenters. The van der Waals surface area contributed by atoms with Gasteiger partial charge in [0, 0.05) is 30.0 Å². The first-order valence-corrected chi connectivity index (χ1v) is 8.11. The van der Waals surface area contributed by atoms with E-state index in [4.69, 9.17) is 0 Å². The average molecular weight is 320 g/mol. The second-order valence-electron chi connectivity index (χ2n) is 5.59. The summed E-state index contributed by atoms with van der Waals surface area (Å²) in [4.78, 5) is 18.5. The number of benzene rings is 1. The number of aromatic nitrogens is 1. The molecule has 2 heterocycles. The minimum absolute atomic E-state index is 0.104. The van der Waals surface area contributed by atoms with Gasteiger partial charge in [-0.3, -0.25) is 4.79 Å². The summed E-state index contributed by atoms with van der Waals surface area (Å²) in [5.41, 5.74) is 1.21. The topological polar surface area (TPSA) is 53.4 Å². The number of hydrogen-bond donors (Lipinski definition) is 1. The molecule has 1 aliphatic rings. The van der Waals surface area contributed by atoms with Gasteiger partial charge >= 0.3 is 0 Å². The van der Waals surface area contributed by atoms with Crippen LogP contribution in [0.4, 0.5) is 4.39 Å². The molecule has 2 unspecified atom stereocenters. The summed E-state index contributed by atoms with van der Waals surface area (Å²) in [6.07, 6.45) is 0.418. The van der Waals surface area contributed by atoms with Gasteiger partial charge in [0.05, 0.1) is 6.10 Å². The number of aliphatic hydroxyl groups excluding tert-OH is 1. The van der Waals surface area contributed by atoms with Crippen molar-refractivity contribution in [3.63, 3.8) is 0 Å². The fourth-order valence-electron chi connectivity index (χ4n) is 2.62. The summed E-state index contributed by atoms with van der Waals surface area (Å²) in [5.74, 6) is -0.259. The standard InChI is InChI=1S/C16H17FN2O2S/c1-10(20)12-6-7-19(8-12)16(21)14-9-22-15(18-14)11-2-4-13(17)5-3-11/h2-5,9-10,12,20H,6-8H2,1H3. The Balaban J connectivity index is 1.74. The lowest BCUT2D eigenvalue weighted by Gasteiger charge is -2.16. The first-order chi connectivity index (χ1) is 10.5. The van der Waals surface area contributed by atoms with Gasteiger partial charge in [-0.05, 0) is 37.6 Å². The van der Waals surface area contributed by atoms with E-state index in [1.807, 2.05) is 0 Å². The van der Waals surface area contributed by atoms with E-state index in [1.165, 1.54) is 23.5 Å². The van der Waals surface area contributed by atoms with Crippen molar-refractivity contribution in [1.29, 1.82) is 0 Å². The van der Waals surface area contributed by atoms with Crippen molar-refractivity contribution >= 4 is 17.2 Å². The summed E-state index contributed by atoms with van der Waals surface area (Å²) in [7, 11) is 0. The zero-order chi connectivity index (χ0) is 15.7. The lowest BCUT2D eigenvalue weighted by molar-refractivity contribution is 0.0757. The van der Waals surface area contributed by atoms with Crippen LogP contribution in [-0.4, -0.2) is 40.1 Å². The Morgan fingerprint density at radius 1 is 1.45 bits per heavy atom. The van der Waals surface area contributed by atoms with Gasteiger partial charge in [-0.1, -0.05) is 0 Å². The van der Waals surface area contributed by atoms with Gasteiger partial charge in [0.25, 0.3) is 5.91 Å². The van der Waals surface area contributed by atoms with Crippen LogP contribution in [0.1, 0.15) is 23.8 Å². The molecule has 0 spiro atoms. The van der Waals surface area contributed by atoms with Crippen molar-refractivity contribution in [2.24, 2.45) is 5.92 Å². The monoisotopic (exact) mass is 320 g/mol. The molecule has 3 rings (SSSR count). The molecule has 1 aromatic carbocycles. The van der Waals surface area contributed by atoms with Crippen LogP contribution < -0.4 is 0 Å². The number of nitrogens with zero attached hydrogens (tertiary/aromatic N) is 2. The van der Waals surface area contributed by atoms with Gasteiger partial charge in [-0.15, -0.1) is 11.3 Å². The molecule has 1 aromatic heterocycles. The van der Waals surface area contributed by atoms with Crippen molar-refractivity contribution in [3.05, 3.63) is 41.2 Å². The third-order valence-corrected chi connectivity index (χ3v) is 4.90. The smallest absolute Gasteiger partial charge is 0.273 e. The third-order valence-electron chi connectivity index (χ3n) is 4.01. The lowest BCUT2D eigenvalue weighted by Crippen LogP contribution is -2.30. The van der Waals surface area contributed by atoms with E-state index in [0.29, 0.717) is 23.8 Å². The van der Waals surface area contributed by atoms with E-state index in [1.54, 1.807) is 29.3 Å². The summed E-state index contributed by atoms with van der Waals surface area (Å²) in [6.45, 7) is 2.98. The molecule has 1 N–H and O–H groups in total. The molecule has 1 amide bonds. The Kier molecular flexibility index (Phi) is 4.22. The SMILES string of the molecule is CC(O)C1CCN(C(=O)c2csc(-c3ccc(F)cc3)n2)C1. The maximum Gasteiger partial charge on any atom is 0.273 e. The number of aliphatic hydroxyl groups is 1. The highest BCUT2D eigenvalue weighted by Gasteiger charge is 2.30. The molecule has 0 radical (unpaired) electrons. The second kappa shape index (κ2) is 6.14. The first-order valence-electron chi connectivity index (χ1n) is 7.23. The van der Waals surface area contributed by atoms with Gasteiger partial charge in [0.1, 0.15) is 16.5 Å². The van der Waals surface area contributed by atoms with Gasteiger partial charge in [0.2, 0.25) is 0 Å². The van der Waals surface area contributed by atoms with Crippen LogP contribution in [0.2, 0.25) is 0 Å². The Morgan fingerprint density at radius 3 is 2.82 bits per heavy atom. The zero-order valence-electron chi connectivity index (χ0n) is 12.2. The number of rotatable bonds is 3. The molecule has 1 fully saturated rings. The average Bonchev–Trinajstić information content (AvgIpc) is 3.17. The van der Waals surface area contributed by atoms with Crippen molar-refractivity contribution < 1.29 is 14.3 Å². The highest BCUT2D eigenvalue weighted by molar-refractivity contribution is 7.13. The number of likely N-dealkylation sites (tertiary alicyclic amines) is 1. The highest BCUT2D eigenvalue weighted by Crippen LogP contribution is 2.26. The van der Waals surface area contributed by atoms with Gasteiger partial charge < -0.3 is 10.0 Å². The molecule has 4 nitrogen and oxygen atoms in total.